The third-order valence-electron chi connectivity index (χ3n) is 8.71. The Labute approximate surface area is 307 Å². The second-order valence-electron chi connectivity index (χ2n) is 12.4. The van der Waals surface area contributed by atoms with Crippen molar-refractivity contribution in [3.63, 3.8) is 0 Å². The highest BCUT2D eigenvalue weighted by atomic mass is 16.6. The number of amides is 4. The quantitative estimate of drug-likeness (QED) is 0.0679. The van der Waals surface area contributed by atoms with Gasteiger partial charge in [0.1, 0.15) is 31.3 Å². The summed E-state index contributed by atoms with van der Waals surface area (Å²) < 4.78 is 10.7. The number of imide groups is 1. The molecule has 4 rings (SSSR count). The van der Waals surface area contributed by atoms with E-state index in [1.165, 1.54) is 11.9 Å². The molecule has 1 aliphatic heterocycles. The SMILES string of the molecule is CN(C(=O)OCc1ccccc1)[C@H](Cc1ccccc1)C(=O)N1CCC[C@H]1C(=O)N(C(=O)C(=O)OCc1ccccc1)[C@H](CCCN=C(N)N)C(=O)O. The summed E-state index contributed by atoms with van der Waals surface area (Å²) in [5.74, 6) is -6.43. The van der Waals surface area contributed by atoms with Crippen molar-refractivity contribution in [2.24, 2.45) is 16.5 Å². The van der Waals surface area contributed by atoms with E-state index in [4.69, 9.17) is 20.9 Å². The van der Waals surface area contributed by atoms with Gasteiger partial charge >= 0.3 is 23.9 Å². The van der Waals surface area contributed by atoms with Gasteiger partial charge in [-0.3, -0.25) is 29.2 Å². The second-order valence-corrected chi connectivity index (χ2v) is 12.4. The molecule has 1 fully saturated rings. The van der Waals surface area contributed by atoms with Gasteiger partial charge in [0.25, 0.3) is 5.91 Å². The predicted molar refractivity (Wildman–Crippen MR) is 192 cm³/mol. The predicted octanol–water partition coefficient (Wildman–Crippen LogP) is 2.46. The number of guanidine groups is 1. The van der Waals surface area contributed by atoms with Crippen LogP contribution in [0.2, 0.25) is 0 Å². The van der Waals surface area contributed by atoms with Crippen molar-refractivity contribution in [1.82, 2.24) is 14.7 Å². The van der Waals surface area contributed by atoms with Crippen molar-refractivity contribution >= 4 is 41.7 Å². The number of likely N-dealkylation sites (N-methyl/N-ethyl adjacent to an activating group) is 1. The average Bonchev–Trinajstić information content (AvgIpc) is 3.66. The first-order valence-corrected chi connectivity index (χ1v) is 17.1. The van der Waals surface area contributed by atoms with E-state index >= 15 is 0 Å². The Morgan fingerprint density at radius 1 is 0.830 bits per heavy atom. The zero-order valence-electron chi connectivity index (χ0n) is 29.4. The number of likely N-dealkylation sites (tertiary alicyclic amines) is 1. The Morgan fingerprint density at radius 3 is 1.92 bits per heavy atom. The highest BCUT2D eigenvalue weighted by Crippen LogP contribution is 2.25. The number of carbonyl (C=O) groups is 6. The van der Waals surface area contributed by atoms with Crippen LogP contribution in [-0.2, 0) is 53.1 Å². The van der Waals surface area contributed by atoms with Crippen molar-refractivity contribution in [1.29, 1.82) is 0 Å². The first kappa shape index (κ1) is 39.5. The monoisotopic (exact) mass is 728 g/mol. The summed E-state index contributed by atoms with van der Waals surface area (Å²) in [6, 6.07) is 22.1. The van der Waals surface area contributed by atoms with Crippen LogP contribution in [0, 0.1) is 0 Å². The fraction of sp³-hybridized carbons (Fsp3) is 0.342. The minimum atomic E-state index is -1.82. The molecule has 1 heterocycles. The molecule has 4 amide bonds. The van der Waals surface area contributed by atoms with Crippen molar-refractivity contribution < 1.29 is 43.3 Å². The molecule has 3 aromatic rings. The van der Waals surface area contributed by atoms with E-state index in [0.717, 1.165) is 16.0 Å². The highest BCUT2D eigenvalue weighted by Gasteiger charge is 2.46. The third-order valence-corrected chi connectivity index (χ3v) is 8.71. The molecule has 0 aromatic heterocycles. The van der Waals surface area contributed by atoms with Crippen LogP contribution in [0.4, 0.5) is 4.79 Å². The molecule has 3 atom stereocenters. The molecule has 0 radical (unpaired) electrons. The largest absolute Gasteiger partial charge is 0.480 e. The standard InChI is InChI=1S/C38H44N6O9/c1-42(38(51)53-25-28-17-9-4-10-18-28)31(23-26-13-5-2-6-14-26)32(45)43-22-12-20-29(43)33(46)44(30(35(48)49)19-11-21-41-37(39)40)34(47)36(50)52-24-27-15-7-3-8-16-27/h2-10,13-18,29-31H,11-12,19-25H2,1H3,(H,48,49)(H4,39,40,41)/t29-,30+,31+/m0/s1. The fourth-order valence-corrected chi connectivity index (χ4v) is 5.95. The van der Waals surface area contributed by atoms with Crippen molar-refractivity contribution in [2.75, 3.05) is 20.1 Å². The van der Waals surface area contributed by atoms with Gasteiger partial charge in [0.2, 0.25) is 5.91 Å². The average molecular weight is 729 g/mol. The van der Waals surface area contributed by atoms with Gasteiger partial charge in [-0.2, -0.15) is 0 Å². The van der Waals surface area contributed by atoms with E-state index in [2.05, 4.69) is 4.99 Å². The normalized spacial score (nSPS) is 14.7. The highest BCUT2D eigenvalue weighted by molar-refractivity contribution is 6.36. The summed E-state index contributed by atoms with van der Waals surface area (Å²) in [4.78, 5) is 88.2. The molecule has 280 valence electrons. The van der Waals surface area contributed by atoms with Gasteiger partial charge in [0.15, 0.2) is 5.96 Å². The summed E-state index contributed by atoms with van der Waals surface area (Å²) in [7, 11) is 1.42. The molecular weight excluding hydrogens is 684 g/mol. The van der Waals surface area contributed by atoms with Gasteiger partial charge in [0.05, 0.1) is 0 Å². The zero-order chi connectivity index (χ0) is 38.3. The van der Waals surface area contributed by atoms with Crippen molar-refractivity contribution in [2.45, 2.75) is 63.4 Å². The maximum absolute atomic E-state index is 14.4. The number of aliphatic imine (C=N–C) groups is 1. The molecule has 53 heavy (non-hydrogen) atoms. The molecule has 0 bridgehead atoms. The Bertz CT molecular complexity index is 1750. The van der Waals surface area contributed by atoms with E-state index in [1.54, 1.807) is 84.9 Å². The van der Waals surface area contributed by atoms with Crippen LogP contribution in [-0.4, -0.2) is 99.8 Å². The summed E-state index contributed by atoms with van der Waals surface area (Å²) >= 11 is 0. The molecule has 0 aliphatic carbocycles. The zero-order valence-corrected chi connectivity index (χ0v) is 29.4. The number of benzene rings is 3. The first-order valence-electron chi connectivity index (χ1n) is 17.1. The van der Waals surface area contributed by atoms with Crippen LogP contribution in [0.15, 0.2) is 96.0 Å². The van der Waals surface area contributed by atoms with Crippen molar-refractivity contribution in [3.8, 4) is 0 Å². The smallest absolute Gasteiger partial charge is 0.410 e. The van der Waals surface area contributed by atoms with E-state index in [0.29, 0.717) is 16.9 Å². The number of aliphatic carboxylic acids is 1. The molecule has 0 unspecified atom stereocenters. The Balaban J connectivity index is 1.62. The van der Waals surface area contributed by atoms with Crippen LogP contribution >= 0.6 is 0 Å². The molecular formula is C38H44N6O9. The number of esters is 1. The van der Waals surface area contributed by atoms with Gasteiger partial charge in [0, 0.05) is 26.6 Å². The number of carbonyl (C=O) groups excluding carboxylic acids is 5. The maximum Gasteiger partial charge on any atom is 0.410 e. The Hall–Kier alpha value is -6.25. The Morgan fingerprint density at radius 2 is 1.38 bits per heavy atom. The third kappa shape index (κ3) is 11.1. The van der Waals surface area contributed by atoms with Crippen LogP contribution in [0.3, 0.4) is 0 Å². The summed E-state index contributed by atoms with van der Waals surface area (Å²) in [5.41, 5.74) is 12.8. The minimum absolute atomic E-state index is 0.0112. The summed E-state index contributed by atoms with van der Waals surface area (Å²) in [6.07, 6.45) is -0.602. The van der Waals surface area contributed by atoms with E-state index in [1.807, 2.05) is 6.07 Å². The van der Waals surface area contributed by atoms with Gasteiger partial charge in [-0.05, 0) is 42.4 Å². The Kier molecular flexibility index (Phi) is 14.5. The van der Waals surface area contributed by atoms with Crippen LogP contribution < -0.4 is 11.5 Å². The minimum Gasteiger partial charge on any atom is -0.480 e. The topological polar surface area (TPSA) is 215 Å². The summed E-state index contributed by atoms with van der Waals surface area (Å²) in [6.45, 7) is -0.297. The fourth-order valence-electron chi connectivity index (χ4n) is 5.95. The number of hydrogen-bond acceptors (Lipinski definition) is 9. The number of carboxylic acid groups (broad SMARTS) is 1. The lowest BCUT2D eigenvalue weighted by Crippen LogP contribution is -2.59. The molecule has 0 saturated carbocycles. The van der Waals surface area contributed by atoms with E-state index in [-0.39, 0.29) is 57.9 Å². The van der Waals surface area contributed by atoms with Crippen LogP contribution in [0.25, 0.3) is 0 Å². The molecule has 3 aromatic carbocycles. The van der Waals surface area contributed by atoms with Crippen LogP contribution in [0.5, 0.6) is 0 Å². The molecule has 0 spiro atoms. The van der Waals surface area contributed by atoms with Crippen LogP contribution in [0.1, 0.15) is 42.4 Å². The number of nitrogens with two attached hydrogens (primary N) is 2. The van der Waals surface area contributed by atoms with Crippen molar-refractivity contribution in [3.05, 3.63) is 108 Å². The molecule has 1 saturated heterocycles. The number of carboxylic acids is 1. The van der Waals surface area contributed by atoms with E-state index < -0.39 is 53.9 Å². The number of hydrogen-bond donors (Lipinski definition) is 3. The van der Waals surface area contributed by atoms with Gasteiger partial charge < -0.3 is 30.9 Å². The van der Waals surface area contributed by atoms with Gasteiger partial charge in [-0.25, -0.2) is 14.4 Å². The maximum atomic E-state index is 14.4. The first-order chi connectivity index (χ1) is 25.5. The summed E-state index contributed by atoms with van der Waals surface area (Å²) in [5, 5.41) is 10.3. The molecule has 5 N–H and O–H groups in total. The van der Waals surface area contributed by atoms with E-state index in [9.17, 15) is 33.9 Å². The number of nitrogens with zero attached hydrogens (tertiary/aromatic N) is 4. The lowest BCUT2D eigenvalue weighted by Gasteiger charge is -2.35. The molecule has 15 nitrogen and oxygen atoms in total. The lowest BCUT2D eigenvalue weighted by atomic mass is 10.0. The number of rotatable bonds is 15. The van der Waals surface area contributed by atoms with Gasteiger partial charge in [-0.1, -0.05) is 91.0 Å². The molecule has 1 aliphatic rings. The lowest BCUT2D eigenvalue weighted by molar-refractivity contribution is -0.171. The van der Waals surface area contributed by atoms with Gasteiger partial charge in [-0.15, -0.1) is 0 Å². The molecule has 15 heteroatoms. The second kappa shape index (κ2) is 19.4. The number of ether oxygens (including phenoxy) is 2.